The topological polar surface area (TPSA) is 149 Å². The number of aromatic nitrogens is 1. The van der Waals surface area contributed by atoms with E-state index in [-0.39, 0.29) is 47.2 Å². The molecule has 1 aliphatic rings. The van der Waals surface area contributed by atoms with E-state index in [1.54, 1.807) is 0 Å². The molecule has 1 fully saturated rings. The number of rotatable bonds is 7. The standard InChI is InChI=1S/C20H21ClN4O7S/c1-13(19(26)23-18-11-15(25(28)29)4-5-17(18)21)32-20(27)14-6-9-24(10-7-14)33(30,31)16-3-2-8-22-12-16/h2-5,8,11-14H,6-7,9-10H2,1H3,(H,23,26). The van der Waals surface area contributed by atoms with Gasteiger partial charge in [0.2, 0.25) is 10.0 Å². The summed E-state index contributed by atoms with van der Waals surface area (Å²) in [7, 11) is -3.70. The van der Waals surface area contributed by atoms with E-state index in [0.717, 1.165) is 6.07 Å². The molecule has 1 atom stereocenters. The van der Waals surface area contributed by atoms with Gasteiger partial charge < -0.3 is 10.1 Å². The summed E-state index contributed by atoms with van der Waals surface area (Å²) < 4.78 is 31.9. The summed E-state index contributed by atoms with van der Waals surface area (Å²) >= 11 is 5.97. The predicted octanol–water partition coefficient (Wildman–Crippen LogP) is 2.61. The van der Waals surface area contributed by atoms with Crippen molar-refractivity contribution >= 4 is 44.9 Å². The van der Waals surface area contributed by atoms with E-state index in [4.69, 9.17) is 16.3 Å². The number of nitro benzene ring substituents is 1. The first kappa shape index (κ1) is 24.6. The molecule has 33 heavy (non-hydrogen) atoms. The summed E-state index contributed by atoms with van der Waals surface area (Å²) in [5, 5.41) is 13.4. The fourth-order valence-electron chi connectivity index (χ4n) is 3.26. The summed E-state index contributed by atoms with van der Waals surface area (Å²) in [5.41, 5.74) is -0.236. The first-order chi connectivity index (χ1) is 15.6. The van der Waals surface area contributed by atoms with Crippen molar-refractivity contribution in [3.63, 3.8) is 0 Å². The van der Waals surface area contributed by atoms with Gasteiger partial charge in [-0.15, -0.1) is 0 Å². The Kier molecular flexibility index (Phi) is 7.61. The number of halogens is 1. The van der Waals surface area contributed by atoms with Crippen LogP contribution in [0.3, 0.4) is 0 Å². The maximum Gasteiger partial charge on any atom is 0.309 e. The molecule has 0 aliphatic carbocycles. The Hall–Kier alpha value is -3.09. The van der Waals surface area contributed by atoms with Crippen LogP contribution in [0.15, 0.2) is 47.6 Å². The molecule has 0 spiro atoms. The van der Waals surface area contributed by atoms with Gasteiger partial charge in [-0.25, -0.2) is 8.42 Å². The van der Waals surface area contributed by atoms with Gasteiger partial charge >= 0.3 is 5.97 Å². The minimum atomic E-state index is -3.70. The van der Waals surface area contributed by atoms with Crippen LogP contribution in [-0.2, 0) is 24.3 Å². The minimum absolute atomic E-state index is 0.0210. The number of piperidine rings is 1. The highest BCUT2D eigenvalue weighted by atomic mass is 35.5. The second-order valence-electron chi connectivity index (χ2n) is 7.36. The van der Waals surface area contributed by atoms with Gasteiger partial charge in [0.25, 0.3) is 11.6 Å². The fraction of sp³-hybridized carbons (Fsp3) is 0.350. The molecule has 0 saturated carbocycles. The van der Waals surface area contributed by atoms with E-state index >= 15 is 0 Å². The van der Waals surface area contributed by atoms with Gasteiger partial charge in [0.1, 0.15) is 4.90 Å². The molecule has 1 amide bonds. The number of non-ortho nitro benzene ring substituents is 1. The van der Waals surface area contributed by atoms with Gasteiger partial charge in [-0.3, -0.25) is 24.7 Å². The molecular formula is C20H21ClN4O7S. The Bertz CT molecular complexity index is 1150. The summed E-state index contributed by atoms with van der Waals surface area (Å²) in [5.74, 6) is -1.90. The molecule has 176 valence electrons. The molecule has 1 aromatic carbocycles. The third-order valence-corrected chi connectivity index (χ3v) is 7.35. The van der Waals surface area contributed by atoms with Crippen molar-refractivity contribution in [3.8, 4) is 0 Å². The van der Waals surface area contributed by atoms with Crippen LogP contribution in [0.1, 0.15) is 19.8 Å². The average Bonchev–Trinajstić information content (AvgIpc) is 2.80. The van der Waals surface area contributed by atoms with Crippen molar-refractivity contribution in [2.75, 3.05) is 18.4 Å². The predicted molar refractivity (Wildman–Crippen MR) is 118 cm³/mol. The summed E-state index contributed by atoms with van der Waals surface area (Å²) in [6.07, 6.45) is 2.03. The van der Waals surface area contributed by atoms with Gasteiger partial charge in [0.05, 0.1) is 21.6 Å². The number of anilines is 1. The molecule has 1 aliphatic heterocycles. The number of nitrogens with zero attached hydrogens (tertiary/aromatic N) is 3. The number of benzene rings is 1. The highest BCUT2D eigenvalue weighted by Crippen LogP contribution is 2.28. The molecule has 1 unspecified atom stereocenters. The number of carbonyl (C=O) groups excluding carboxylic acids is 2. The van der Waals surface area contributed by atoms with Gasteiger partial charge in [0.15, 0.2) is 6.10 Å². The molecule has 11 nitrogen and oxygen atoms in total. The number of hydrogen-bond acceptors (Lipinski definition) is 8. The number of amides is 1. The molecule has 1 saturated heterocycles. The van der Waals surface area contributed by atoms with Crippen molar-refractivity contribution in [2.45, 2.75) is 30.8 Å². The maximum absolute atomic E-state index is 12.7. The molecule has 3 rings (SSSR count). The van der Waals surface area contributed by atoms with Crippen LogP contribution in [0.25, 0.3) is 0 Å². The van der Waals surface area contributed by atoms with Crippen molar-refractivity contribution in [1.82, 2.24) is 9.29 Å². The third-order valence-electron chi connectivity index (χ3n) is 5.14. The van der Waals surface area contributed by atoms with Gasteiger partial charge in [-0.2, -0.15) is 4.31 Å². The number of esters is 1. The second-order valence-corrected chi connectivity index (χ2v) is 9.70. The van der Waals surface area contributed by atoms with Crippen LogP contribution < -0.4 is 5.32 Å². The number of pyridine rings is 1. The van der Waals surface area contributed by atoms with Gasteiger partial charge in [-0.05, 0) is 38.0 Å². The molecule has 1 aromatic heterocycles. The SMILES string of the molecule is CC(OC(=O)C1CCN(S(=O)(=O)c2cccnc2)CC1)C(=O)Nc1cc([N+](=O)[O-])ccc1Cl. The zero-order chi connectivity index (χ0) is 24.2. The summed E-state index contributed by atoms with van der Waals surface area (Å²) in [6.45, 7) is 1.61. The van der Waals surface area contributed by atoms with Crippen LogP contribution in [0.4, 0.5) is 11.4 Å². The number of carbonyl (C=O) groups is 2. The van der Waals surface area contributed by atoms with Crippen molar-refractivity contribution in [3.05, 3.63) is 57.9 Å². The largest absolute Gasteiger partial charge is 0.452 e. The number of nitrogens with one attached hydrogen (secondary N) is 1. The van der Waals surface area contributed by atoms with E-state index in [1.807, 2.05) is 0 Å². The maximum atomic E-state index is 12.7. The van der Waals surface area contributed by atoms with E-state index in [9.17, 15) is 28.1 Å². The molecular weight excluding hydrogens is 476 g/mol. The minimum Gasteiger partial charge on any atom is -0.452 e. The van der Waals surface area contributed by atoms with Crippen molar-refractivity contribution < 1.29 is 27.7 Å². The molecule has 1 N–H and O–H groups in total. The highest BCUT2D eigenvalue weighted by Gasteiger charge is 2.34. The Morgan fingerprint density at radius 1 is 1.30 bits per heavy atom. The lowest BCUT2D eigenvalue weighted by atomic mass is 9.98. The van der Waals surface area contributed by atoms with Crippen LogP contribution in [0.2, 0.25) is 5.02 Å². The first-order valence-corrected chi connectivity index (χ1v) is 11.8. The number of sulfonamides is 1. The number of nitro groups is 1. The number of ether oxygens (including phenoxy) is 1. The van der Waals surface area contributed by atoms with Crippen LogP contribution in [0, 0.1) is 16.0 Å². The van der Waals surface area contributed by atoms with Crippen LogP contribution in [-0.4, -0.2) is 53.7 Å². The van der Waals surface area contributed by atoms with Crippen LogP contribution >= 0.6 is 11.6 Å². The van der Waals surface area contributed by atoms with E-state index in [2.05, 4.69) is 10.3 Å². The quantitative estimate of drug-likeness (QED) is 0.349. The zero-order valence-corrected chi connectivity index (χ0v) is 19.1. The first-order valence-electron chi connectivity index (χ1n) is 9.95. The average molecular weight is 497 g/mol. The lowest BCUT2D eigenvalue weighted by Crippen LogP contribution is -2.41. The second kappa shape index (κ2) is 10.2. The Labute approximate surface area is 194 Å². The molecule has 13 heteroatoms. The fourth-order valence-corrected chi connectivity index (χ4v) is 4.86. The molecule has 0 bridgehead atoms. The molecule has 0 radical (unpaired) electrons. The normalized spacial score (nSPS) is 16.1. The molecule has 2 aromatic rings. The van der Waals surface area contributed by atoms with Crippen molar-refractivity contribution in [1.29, 1.82) is 0 Å². The Morgan fingerprint density at radius 3 is 2.61 bits per heavy atom. The molecule has 2 heterocycles. The summed E-state index contributed by atoms with van der Waals surface area (Å²) in [4.78, 5) is 39.1. The van der Waals surface area contributed by atoms with E-state index in [1.165, 1.54) is 47.9 Å². The monoisotopic (exact) mass is 496 g/mol. The lowest BCUT2D eigenvalue weighted by molar-refractivity contribution is -0.384. The van der Waals surface area contributed by atoms with E-state index in [0.29, 0.717) is 0 Å². The van der Waals surface area contributed by atoms with Gasteiger partial charge in [-0.1, -0.05) is 11.6 Å². The lowest BCUT2D eigenvalue weighted by Gasteiger charge is -2.30. The smallest absolute Gasteiger partial charge is 0.309 e. The number of hydrogen-bond donors (Lipinski definition) is 1. The van der Waals surface area contributed by atoms with Crippen molar-refractivity contribution in [2.24, 2.45) is 5.92 Å². The Balaban J connectivity index is 1.55. The zero-order valence-electron chi connectivity index (χ0n) is 17.5. The Morgan fingerprint density at radius 2 is 2.00 bits per heavy atom. The van der Waals surface area contributed by atoms with E-state index < -0.39 is 38.8 Å². The third kappa shape index (κ3) is 5.83. The summed E-state index contributed by atoms with van der Waals surface area (Å²) in [6, 6.07) is 6.57. The van der Waals surface area contributed by atoms with Crippen LogP contribution in [0.5, 0.6) is 0 Å². The van der Waals surface area contributed by atoms with Gasteiger partial charge in [0, 0.05) is 37.6 Å². The highest BCUT2D eigenvalue weighted by molar-refractivity contribution is 7.89.